The standard InChI is InChI=1S/C10H16N2S2/c1-3-5-7-9(10(11)13)14-8(12-7)6-4-2/h3-6H2,1-2H3,(H2,11,13). The van der Waals surface area contributed by atoms with Crippen LogP contribution >= 0.6 is 23.6 Å². The molecular formula is C10H16N2S2. The van der Waals surface area contributed by atoms with E-state index in [9.17, 15) is 0 Å². The van der Waals surface area contributed by atoms with E-state index in [1.54, 1.807) is 11.3 Å². The zero-order valence-electron chi connectivity index (χ0n) is 8.67. The normalized spacial score (nSPS) is 10.4. The van der Waals surface area contributed by atoms with Gasteiger partial charge >= 0.3 is 0 Å². The lowest BCUT2D eigenvalue weighted by Crippen LogP contribution is -2.09. The number of rotatable bonds is 5. The predicted molar refractivity (Wildman–Crippen MR) is 66.0 cm³/mol. The maximum Gasteiger partial charge on any atom is 0.116 e. The molecule has 0 spiro atoms. The van der Waals surface area contributed by atoms with Crippen molar-refractivity contribution in [3.63, 3.8) is 0 Å². The molecule has 0 fully saturated rings. The fraction of sp³-hybridized carbons (Fsp3) is 0.600. The molecule has 0 unspecified atom stereocenters. The van der Waals surface area contributed by atoms with Gasteiger partial charge < -0.3 is 5.73 Å². The molecule has 0 atom stereocenters. The minimum atomic E-state index is 0.494. The molecular weight excluding hydrogens is 212 g/mol. The molecule has 0 saturated carbocycles. The number of nitrogens with zero attached hydrogens (tertiary/aromatic N) is 1. The topological polar surface area (TPSA) is 38.9 Å². The smallest absolute Gasteiger partial charge is 0.116 e. The van der Waals surface area contributed by atoms with E-state index in [4.69, 9.17) is 18.0 Å². The van der Waals surface area contributed by atoms with Crippen LogP contribution in [0, 0.1) is 0 Å². The molecule has 0 aliphatic heterocycles. The van der Waals surface area contributed by atoms with Crippen LogP contribution < -0.4 is 5.73 Å². The van der Waals surface area contributed by atoms with Crippen molar-refractivity contribution in [1.82, 2.24) is 4.98 Å². The van der Waals surface area contributed by atoms with Gasteiger partial charge in [-0.1, -0.05) is 32.5 Å². The minimum Gasteiger partial charge on any atom is -0.389 e. The predicted octanol–water partition coefficient (Wildman–Crippen LogP) is 2.68. The van der Waals surface area contributed by atoms with Gasteiger partial charge in [-0.3, -0.25) is 0 Å². The fourth-order valence-corrected chi connectivity index (χ4v) is 2.63. The van der Waals surface area contributed by atoms with Gasteiger partial charge in [-0.25, -0.2) is 4.98 Å². The number of thiocarbonyl (C=S) groups is 1. The molecule has 2 nitrogen and oxygen atoms in total. The Morgan fingerprint density at radius 3 is 2.50 bits per heavy atom. The van der Waals surface area contributed by atoms with Gasteiger partial charge in [-0.05, 0) is 19.3 Å². The van der Waals surface area contributed by atoms with Crippen molar-refractivity contribution >= 4 is 28.5 Å². The molecule has 2 N–H and O–H groups in total. The Hall–Kier alpha value is -0.480. The van der Waals surface area contributed by atoms with Gasteiger partial charge in [0.15, 0.2) is 0 Å². The molecule has 14 heavy (non-hydrogen) atoms. The summed E-state index contributed by atoms with van der Waals surface area (Å²) in [5, 5.41) is 1.17. The Morgan fingerprint density at radius 1 is 1.36 bits per heavy atom. The number of aromatic nitrogens is 1. The van der Waals surface area contributed by atoms with Crippen molar-refractivity contribution in [2.24, 2.45) is 5.73 Å². The van der Waals surface area contributed by atoms with E-state index in [1.165, 1.54) is 5.01 Å². The summed E-state index contributed by atoms with van der Waals surface area (Å²) in [4.78, 5) is 6.07. The van der Waals surface area contributed by atoms with Gasteiger partial charge in [0.05, 0.1) is 15.6 Å². The van der Waals surface area contributed by atoms with E-state index in [0.717, 1.165) is 36.3 Å². The van der Waals surface area contributed by atoms with Crippen LogP contribution in [0.25, 0.3) is 0 Å². The summed E-state index contributed by atoms with van der Waals surface area (Å²) in [5.41, 5.74) is 6.75. The Labute approximate surface area is 94.5 Å². The second kappa shape index (κ2) is 5.41. The highest BCUT2D eigenvalue weighted by Gasteiger charge is 2.11. The molecule has 0 amide bonds. The summed E-state index contributed by atoms with van der Waals surface area (Å²) in [6.07, 6.45) is 4.22. The van der Waals surface area contributed by atoms with E-state index in [2.05, 4.69) is 18.8 Å². The van der Waals surface area contributed by atoms with Crippen LogP contribution in [-0.2, 0) is 12.8 Å². The Morgan fingerprint density at radius 2 is 2.00 bits per heavy atom. The average molecular weight is 228 g/mol. The van der Waals surface area contributed by atoms with Crippen LogP contribution in [0.5, 0.6) is 0 Å². The molecule has 0 aliphatic carbocycles. The largest absolute Gasteiger partial charge is 0.389 e. The summed E-state index contributed by atoms with van der Waals surface area (Å²) in [7, 11) is 0. The summed E-state index contributed by atoms with van der Waals surface area (Å²) in [6.45, 7) is 4.30. The number of nitrogens with two attached hydrogens (primary N) is 1. The summed E-state index contributed by atoms with van der Waals surface area (Å²) < 4.78 is 0. The molecule has 1 aromatic rings. The Balaban J connectivity index is 2.93. The highest BCUT2D eigenvalue weighted by atomic mass is 32.1. The molecule has 0 bridgehead atoms. The van der Waals surface area contributed by atoms with Gasteiger partial charge in [-0.15, -0.1) is 11.3 Å². The average Bonchev–Trinajstić information content (AvgIpc) is 2.49. The van der Waals surface area contributed by atoms with Gasteiger partial charge in [0, 0.05) is 0 Å². The monoisotopic (exact) mass is 228 g/mol. The Bertz CT molecular complexity index is 318. The van der Waals surface area contributed by atoms with Crippen molar-refractivity contribution in [3.8, 4) is 0 Å². The van der Waals surface area contributed by atoms with Crippen LogP contribution in [-0.4, -0.2) is 9.97 Å². The van der Waals surface area contributed by atoms with Crippen molar-refractivity contribution in [2.75, 3.05) is 0 Å². The molecule has 1 heterocycles. The lowest BCUT2D eigenvalue weighted by molar-refractivity contribution is 0.856. The van der Waals surface area contributed by atoms with Crippen LogP contribution in [0.15, 0.2) is 0 Å². The molecule has 0 radical (unpaired) electrons. The van der Waals surface area contributed by atoms with Crippen LogP contribution in [0.3, 0.4) is 0 Å². The fourth-order valence-electron chi connectivity index (χ4n) is 1.32. The van der Waals surface area contributed by atoms with Crippen LogP contribution in [0.2, 0.25) is 0 Å². The molecule has 4 heteroatoms. The highest BCUT2D eigenvalue weighted by Crippen LogP contribution is 2.21. The van der Waals surface area contributed by atoms with E-state index in [1.807, 2.05) is 0 Å². The third-order valence-electron chi connectivity index (χ3n) is 1.92. The lowest BCUT2D eigenvalue weighted by atomic mass is 10.2. The maximum absolute atomic E-state index is 5.66. The first-order valence-corrected chi connectivity index (χ1v) is 6.19. The quantitative estimate of drug-likeness (QED) is 0.788. The zero-order chi connectivity index (χ0) is 10.6. The van der Waals surface area contributed by atoms with Crippen LogP contribution in [0.1, 0.15) is 42.3 Å². The van der Waals surface area contributed by atoms with Crippen LogP contribution in [0.4, 0.5) is 0 Å². The summed E-state index contributed by atoms with van der Waals surface area (Å²) in [5.74, 6) is 0. The number of aryl methyl sites for hydroxylation is 2. The number of thiazole rings is 1. The van der Waals surface area contributed by atoms with Crippen molar-refractivity contribution < 1.29 is 0 Å². The molecule has 1 rings (SSSR count). The van der Waals surface area contributed by atoms with E-state index < -0.39 is 0 Å². The summed E-state index contributed by atoms with van der Waals surface area (Å²) >= 11 is 6.66. The SMILES string of the molecule is CCCc1nc(CCC)c(C(N)=S)s1. The molecule has 1 aromatic heterocycles. The second-order valence-electron chi connectivity index (χ2n) is 3.25. The number of hydrogen-bond acceptors (Lipinski definition) is 3. The highest BCUT2D eigenvalue weighted by molar-refractivity contribution is 7.81. The van der Waals surface area contributed by atoms with Gasteiger partial charge in [0.25, 0.3) is 0 Å². The van der Waals surface area contributed by atoms with Gasteiger partial charge in [-0.2, -0.15) is 0 Å². The van der Waals surface area contributed by atoms with E-state index >= 15 is 0 Å². The Kier molecular flexibility index (Phi) is 4.48. The first-order chi connectivity index (χ1) is 6.69. The molecule has 0 saturated heterocycles. The first-order valence-electron chi connectivity index (χ1n) is 4.97. The first kappa shape index (κ1) is 11.6. The van der Waals surface area contributed by atoms with Crippen molar-refractivity contribution in [3.05, 3.63) is 15.6 Å². The van der Waals surface area contributed by atoms with Gasteiger partial charge in [0.2, 0.25) is 0 Å². The summed E-state index contributed by atoms with van der Waals surface area (Å²) in [6, 6.07) is 0. The van der Waals surface area contributed by atoms with Gasteiger partial charge in [0.1, 0.15) is 4.99 Å². The zero-order valence-corrected chi connectivity index (χ0v) is 10.3. The maximum atomic E-state index is 5.66. The minimum absolute atomic E-state index is 0.494. The van der Waals surface area contributed by atoms with Crippen molar-refractivity contribution in [2.45, 2.75) is 39.5 Å². The third kappa shape index (κ3) is 2.75. The second-order valence-corrected chi connectivity index (χ2v) is 4.77. The lowest BCUT2D eigenvalue weighted by Gasteiger charge is -1.96. The molecule has 0 aliphatic rings. The molecule has 78 valence electrons. The van der Waals surface area contributed by atoms with E-state index in [-0.39, 0.29) is 0 Å². The third-order valence-corrected chi connectivity index (χ3v) is 3.44. The number of hydrogen-bond donors (Lipinski definition) is 1. The van der Waals surface area contributed by atoms with E-state index in [0.29, 0.717) is 4.99 Å². The molecule has 0 aromatic carbocycles. The van der Waals surface area contributed by atoms with Crippen molar-refractivity contribution in [1.29, 1.82) is 0 Å².